The molecule has 1 heterocycles. The second-order valence-corrected chi connectivity index (χ2v) is 4.25. The Bertz CT molecular complexity index is 594. The molecular weight excluding hydrogens is 245 g/mol. The van der Waals surface area contributed by atoms with Crippen LogP contribution in [0.2, 0.25) is 0 Å². The summed E-state index contributed by atoms with van der Waals surface area (Å²) in [4.78, 5) is 15.5. The van der Waals surface area contributed by atoms with E-state index in [1.165, 1.54) is 12.1 Å². The number of aryl methyl sites for hydroxylation is 1. The number of carboxylic acids is 1. The lowest BCUT2D eigenvalue weighted by atomic mass is 10.1. The molecular formula is C15H14FNO2. The van der Waals surface area contributed by atoms with Crippen molar-refractivity contribution in [3.05, 3.63) is 53.5 Å². The average Bonchev–Trinajstić information content (AvgIpc) is 2.39. The van der Waals surface area contributed by atoms with Gasteiger partial charge >= 0.3 is 5.97 Å². The van der Waals surface area contributed by atoms with E-state index in [9.17, 15) is 9.18 Å². The highest BCUT2D eigenvalue weighted by molar-refractivity contribution is 5.89. The van der Waals surface area contributed by atoms with E-state index in [-0.39, 0.29) is 11.4 Å². The number of carboxylic acid groups (broad SMARTS) is 1. The van der Waals surface area contributed by atoms with Crippen molar-refractivity contribution in [3.8, 4) is 11.3 Å². The molecule has 1 aromatic carbocycles. The predicted octanol–water partition coefficient (Wildman–Crippen LogP) is 3.54. The van der Waals surface area contributed by atoms with Gasteiger partial charge in [-0.25, -0.2) is 9.18 Å². The number of halogens is 1. The molecule has 0 aliphatic carbocycles. The van der Waals surface area contributed by atoms with Gasteiger partial charge in [-0.2, -0.15) is 0 Å². The van der Waals surface area contributed by atoms with Crippen molar-refractivity contribution in [2.45, 2.75) is 19.8 Å². The van der Waals surface area contributed by atoms with Crippen LogP contribution in [0.5, 0.6) is 0 Å². The summed E-state index contributed by atoms with van der Waals surface area (Å²) in [6.07, 6.45) is 1.43. The molecule has 0 unspecified atom stereocenters. The molecule has 0 saturated heterocycles. The van der Waals surface area contributed by atoms with Crippen LogP contribution >= 0.6 is 0 Å². The summed E-state index contributed by atoms with van der Waals surface area (Å²) >= 11 is 0. The minimum atomic E-state index is -0.971. The lowest BCUT2D eigenvalue weighted by Gasteiger charge is -2.07. The van der Waals surface area contributed by atoms with Crippen molar-refractivity contribution >= 4 is 5.97 Å². The van der Waals surface area contributed by atoms with Gasteiger partial charge < -0.3 is 5.11 Å². The lowest BCUT2D eigenvalue weighted by molar-refractivity contribution is 0.0695. The van der Waals surface area contributed by atoms with E-state index in [2.05, 4.69) is 4.98 Å². The fourth-order valence-corrected chi connectivity index (χ4v) is 1.90. The van der Waals surface area contributed by atoms with Gasteiger partial charge in [0.15, 0.2) is 0 Å². The predicted molar refractivity (Wildman–Crippen MR) is 70.6 cm³/mol. The van der Waals surface area contributed by atoms with Crippen molar-refractivity contribution in [1.82, 2.24) is 4.98 Å². The number of carbonyl (C=O) groups is 1. The van der Waals surface area contributed by atoms with Crippen molar-refractivity contribution in [2.24, 2.45) is 0 Å². The third-order valence-electron chi connectivity index (χ3n) is 2.83. The zero-order chi connectivity index (χ0) is 13.8. The Labute approximate surface area is 110 Å². The topological polar surface area (TPSA) is 50.2 Å². The van der Waals surface area contributed by atoms with Crippen molar-refractivity contribution in [3.63, 3.8) is 0 Å². The Hall–Kier alpha value is -2.23. The Morgan fingerprint density at radius 2 is 1.89 bits per heavy atom. The lowest BCUT2D eigenvalue weighted by Crippen LogP contribution is -2.05. The molecule has 0 fully saturated rings. The van der Waals surface area contributed by atoms with Gasteiger partial charge in [0.1, 0.15) is 5.82 Å². The molecule has 0 spiro atoms. The summed E-state index contributed by atoms with van der Waals surface area (Å²) in [5.74, 6) is -1.28. The van der Waals surface area contributed by atoms with E-state index in [4.69, 9.17) is 5.11 Å². The van der Waals surface area contributed by atoms with E-state index in [0.717, 1.165) is 12.0 Å². The second-order valence-electron chi connectivity index (χ2n) is 4.25. The number of hydrogen-bond donors (Lipinski definition) is 1. The van der Waals surface area contributed by atoms with E-state index in [1.54, 1.807) is 24.3 Å². The zero-order valence-corrected chi connectivity index (χ0v) is 10.6. The second kappa shape index (κ2) is 5.61. The number of pyridine rings is 1. The molecule has 1 aromatic heterocycles. The van der Waals surface area contributed by atoms with Crippen LogP contribution in [0.1, 0.15) is 29.4 Å². The van der Waals surface area contributed by atoms with Crippen LogP contribution in [0.4, 0.5) is 4.39 Å². The Kier molecular flexibility index (Phi) is 3.90. The maximum Gasteiger partial charge on any atom is 0.337 e. The molecule has 0 amide bonds. The van der Waals surface area contributed by atoms with Crippen LogP contribution in [0.15, 0.2) is 36.4 Å². The first kappa shape index (κ1) is 13.2. The number of aromatic nitrogens is 1. The van der Waals surface area contributed by atoms with E-state index >= 15 is 0 Å². The molecule has 98 valence electrons. The van der Waals surface area contributed by atoms with Crippen LogP contribution in [-0.2, 0) is 6.42 Å². The summed E-state index contributed by atoms with van der Waals surface area (Å²) in [7, 11) is 0. The summed E-state index contributed by atoms with van der Waals surface area (Å²) in [6, 6.07) is 9.19. The van der Waals surface area contributed by atoms with Crippen LogP contribution in [-0.4, -0.2) is 16.1 Å². The molecule has 2 aromatic rings. The third kappa shape index (κ3) is 2.96. The molecule has 0 atom stereocenters. The van der Waals surface area contributed by atoms with Crippen molar-refractivity contribution in [1.29, 1.82) is 0 Å². The minimum absolute atomic E-state index is 0.229. The molecule has 0 aliphatic heterocycles. The summed E-state index contributed by atoms with van der Waals surface area (Å²) in [5, 5.41) is 9.10. The number of nitrogens with zero attached hydrogens (tertiary/aromatic N) is 1. The molecule has 4 heteroatoms. The number of benzene rings is 1. The van der Waals surface area contributed by atoms with Crippen LogP contribution in [0.25, 0.3) is 11.3 Å². The summed E-state index contributed by atoms with van der Waals surface area (Å²) in [6.45, 7) is 1.97. The number of hydrogen-bond acceptors (Lipinski definition) is 2. The standard InChI is InChI=1S/C15H14FNO2/c1-2-3-14-12(15(18)19)8-9-13(17-14)10-4-6-11(16)7-5-10/h4-9H,2-3H2,1H3,(H,18,19). The largest absolute Gasteiger partial charge is 0.478 e. The Morgan fingerprint density at radius 3 is 2.47 bits per heavy atom. The number of aromatic carboxylic acids is 1. The molecule has 1 N–H and O–H groups in total. The molecule has 0 aliphatic rings. The maximum absolute atomic E-state index is 12.9. The highest BCUT2D eigenvalue weighted by atomic mass is 19.1. The van der Waals surface area contributed by atoms with Crippen LogP contribution in [0, 0.1) is 5.82 Å². The van der Waals surface area contributed by atoms with Gasteiger partial charge in [-0.15, -0.1) is 0 Å². The van der Waals surface area contributed by atoms with Crippen molar-refractivity contribution < 1.29 is 14.3 Å². The highest BCUT2D eigenvalue weighted by Crippen LogP contribution is 2.20. The van der Waals surface area contributed by atoms with E-state index < -0.39 is 5.97 Å². The molecule has 2 rings (SSSR count). The van der Waals surface area contributed by atoms with Crippen LogP contribution in [0.3, 0.4) is 0 Å². The van der Waals surface area contributed by atoms with Gasteiger partial charge in [0.25, 0.3) is 0 Å². The third-order valence-corrected chi connectivity index (χ3v) is 2.83. The van der Waals surface area contributed by atoms with Gasteiger partial charge in [0.2, 0.25) is 0 Å². The molecule has 0 saturated carbocycles. The average molecular weight is 259 g/mol. The fraction of sp³-hybridized carbons (Fsp3) is 0.200. The SMILES string of the molecule is CCCc1nc(-c2ccc(F)cc2)ccc1C(=O)O. The van der Waals surface area contributed by atoms with E-state index in [0.29, 0.717) is 17.8 Å². The normalized spacial score (nSPS) is 10.4. The smallest absolute Gasteiger partial charge is 0.337 e. The summed E-state index contributed by atoms with van der Waals surface area (Å²) < 4.78 is 12.9. The quantitative estimate of drug-likeness (QED) is 0.913. The van der Waals surface area contributed by atoms with Gasteiger partial charge in [-0.3, -0.25) is 4.98 Å². The summed E-state index contributed by atoms with van der Waals surface area (Å²) in [5.41, 5.74) is 2.23. The maximum atomic E-state index is 12.9. The van der Waals surface area contributed by atoms with E-state index in [1.807, 2.05) is 6.92 Å². The Morgan fingerprint density at radius 1 is 1.21 bits per heavy atom. The van der Waals surface area contributed by atoms with Crippen LogP contribution < -0.4 is 0 Å². The van der Waals surface area contributed by atoms with Crippen molar-refractivity contribution in [2.75, 3.05) is 0 Å². The zero-order valence-electron chi connectivity index (χ0n) is 10.6. The molecule has 0 bridgehead atoms. The Balaban J connectivity index is 2.45. The minimum Gasteiger partial charge on any atom is -0.478 e. The molecule has 19 heavy (non-hydrogen) atoms. The molecule has 0 radical (unpaired) electrons. The van der Waals surface area contributed by atoms with Gasteiger partial charge in [0, 0.05) is 5.56 Å². The first-order chi connectivity index (χ1) is 9.11. The van der Waals surface area contributed by atoms with Gasteiger partial charge in [-0.05, 0) is 42.8 Å². The number of rotatable bonds is 4. The fourth-order valence-electron chi connectivity index (χ4n) is 1.90. The first-order valence-electron chi connectivity index (χ1n) is 6.11. The van der Waals surface area contributed by atoms with Gasteiger partial charge in [0.05, 0.1) is 17.0 Å². The highest BCUT2D eigenvalue weighted by Gasteiger charge is 2.12. The molecule has 3 nitrogen and oxygen atoms in total. The monoisotopic (exact) mass is 259 g/mol. The first-order valence-corrected chi connectivity index (χ1v) is 6.11. The van der Waals surface area contributed by atoms with Gasteiger partial charge in [-0.1, -0.05) is 13.3 Å².